The number of ether oxygens (including phenoxy) is 1. The Hall–Kier alpha value is -1.50. The van der Waals surface area contributed by atoms with E-state index in [1.54, 1.807) is 0 Å². The molecule has 0 spiro atoms. The molecule has 1 aromatic carbocycles. The molecule has 0 aliphatic rings. The van der Waals surface area contributed by atoms with Crippen LogP contribution in [0.4, 0.5) is 0 Å². The number of para-hydroxylation sites is 1. The Morgan fingerprint density at radius 2 is 1.67 bits per heavy atom. The van der Waals surface area contributed by atoms with E-state index in [4.69, 9.17) is 4.74 Å². The van der Waals surface area contributed by atoms with Gasteiger partial charge >= 0.3 is 0 Å². The minimum absolute atomic E-state index is 0.869. The van der Waals surface area contributed by atoms with Gasteiger partial charge in [-0.2, -0.15) is 0 Å². The van der Waals surface area contributed by atoms with E-state index in [9.17, 15) is 0 Å². The molecule has 0 aliphatic heterocycles. The van der Waals surface area contributed by atoms with Crippen molar-refractivity contribution in [1.82, 2.24) is 0 Å². The van der Waals surface area contributed by atoms with Crippen molar-refractivity contribution >= 4 is 0 Å². The Labute approximate surface area is 93.1 Å². The van der Waals surface area contributed by atoms with Gasteiger partial charge in [-0.05, 0) is 38.1 Å². The van der Waals surface area contributed by atoms with Crippen LogP contribution in [-0.4, -0.2) is 0 Å². The molecule has 0 aliphatic carbocycles. The van der Waals surface area contributed by atoms with Crippen LogP contribution < -0.4 is 4.74 Å². The van der Waals surface area contributed by atoms with Gasteiger partial charge in [-0.15, -0.1) is 0 Å². The monoisotopic (exact) mass is 204 g/mol. The van der Waals surface area contributed by atoms with Crippen molar-refractivity contribution in [3.05, 3.63) is 54.3 Å². The van der Waals surface area contributed by atoms with E-state index in [0.717, 1.165) is 11.5 Å². The second-order valence-electron chi connectivity index (χ2n) is 2.61. The van der Waals surface area contributed by atoms with Crippen LogP contribution in [0, 0.1) is 0 Å². The van der Waals surface area contributed by atoms with Crippen molar-refractivity contribution in [3.63, 3.8) is 0 Å². The molecule has 1 rings (SSSR count). The molecule has 1 aromatic rings. The highest BCUT2D eigenvalue weighted by atomic mass is 16.5. The van der Waals surface area contributed by atoms with Crippen LogP contribution in [0.1, 0.15) is 27.7 Å². The van der Waals surface area contributed by atoms with Gasteiger partial charge in [-0.3, -0.25) is 0 Å². The van der Waals surface area contributed by atoms with Crippen molar-refractivity contribution < 1.29 is 4.74 Å². The molecule has 0 heterocycles. The summed E-state index contributed by atoms with van der Waals surface area (Å²) < 4.78 is 5.58. The van der Waals surface area contributed by atoms with E-state index in [2.05, 4.69) is 0 Å². The van der Waals surface area contributed by atoms with Crippen LogP contribution in [0.5, 0.6) is 5.75 Å². The molecule has 0 amide bonds. The average molecular weight is 204 g/mol. The predicted octanol–water partition coefficient (Wildman–Crippen LogP) is 4.57. The first-order valence-corrected chi connectivity index (χ1v) is 5.38. The van der Waals surface area contributed by atoms with Gasteiger partial charge in [0.15, 0.2) is 0 Å². The molecule has 0 bridgehead atoms. The van der Waals surface area contributed by atoms with E-state index in [-0.39, 0.29) is 0 Å². The number of hydrogen-bond donors (Lipinski definition) is 0. The number of rotatable bonds is 3. The van der Waals surface area contributed by atoms with Gasteiger partial charge in [0.1, 0.15) is 11.5 Å². The first-order chi connectivity index (χ1) is 7.36. The Bertz CT molecular complexity index is 296. The normalized spacial score (nSPS) is 10.8. The standard InChI is InChI=1S/C12H14O.C2H6/c1-3-8-11(4-2)13-12-9-6-5-7-10-12;1-2/h3-10H,1-2H3;1-2H3/b8-3-,11-4+;. The van der Waals surface area contributed by atoms with Crippen LogP contribution in [0.2, 0.25) is 0 Å². The molecule has 1 nitrogen and oxygen atoms in total. The fraction of sp³-hybridized carbons (Fsp3) is 0.286. The third-order valence-corrected chi connectivity index (χ3v) is 1.59. The Morgan fingerprint density at radius 3 is 2.13 bits per heavy atom. The van der Waals surface area contributed by atoms with E-state index < -0.39 is 0 Å². The molecular formula is C14H20O. The van der Waals surface area contributed by atoms with Gasteiger partial charge in [0.25, 0.3) is 0 Å². The fourth-order valence-corrected chi connectivity index (χ4v) is 0.978. The number of benzene rings is 1. The highest BCUT2D eigenvalue weighted by molar-refractivity contribution is 5.25. The Kier molecular flexibility index (Phi) is 8.16. The van der Waals surface area contributed by atoms with E-state index in [0.29, 0.717) is 0 Å². The minimum atomic E-state index is 0.869. The lowest BCUT2D eigenvalue weighted by atomic mass is 10.3. The van der Waals surface area contributed by atoms with Gasteiger partial charge in [-0.25, -0.2) is 0 Å². The zero-order valence-corrected chi connectivity index (χ0v) is 10.0. The summed E-state index contributed by atoms with van der Waals surface area (Å²) in [5.74, 6) is 1.74. The number of allylic oxidation sites excluding steroid dienone is 3. The lowest BCUT2D eigenvalue weighted by Crippen LogP contribution is -1.90. The molecule has 0 N–H and O–H groups in total. The summed E-state index contributed by atoms with van der Waals surface area (Å²) in [6.07, 6.45) is 5.83. The minimum Gasteiger partial charge on any atom is -0.458 e. The summed E-state index contributed by atoms with van der Waals surface area (Å²) in [7, 11) is 0. The van der Waals surface area contributed by atoms with Crippen molar-refractivity contribution in [2.45, 2.75) is 27.7 Å². The van der Waals surface area contributed by atoms with Crippen LogP contribution in [-0.2, 0) is 0 Å². The zero-order chi connectivity index (χ0) is 11.5. The van der Waals surface area contributed by atoms with Gasteiger partial charge in [-0.1, -0.05) is 38.1 Å². The topological polar surface area (TPSA) is 9.23 Å². The molecule has 1 heteroatoms. The van der Waals surface area contributed by atoms with E-state index in [1.807, 2.05) is 76.3 Å². The molecule has 0 radical (unpaired) electrons. The number of hydrogen-bond acceptors (Lipinski definition) is 1. The molecule has 0 aromatic heterocycles. The van der Waals surface area contributed by atoms with Crippen LogP contribution >= 0.6 is 0 Å². The highest BCUT2D eigenvalue weighted by Crippen LogP contribution is 2.13. The van der Waals surface area contributed by atoms with E-state index in [1.165, 1.54) is 0 Å². The second-order valence-corrected chi connectivity index (χ2v) is 2.61. The lowest BCUT2D eigenvalue weighted by molar-refractivity contribution is 0.443. The summed E-state index contributed by atoms with van der Waals surface area (Å²) in [5.41, 5.74) is 0. The quantitative estimate of drug-likeness (QED) is 0.517. The van der Waals surface area contributed by atoms with Crippen LogP contribution in [0.25, 0.3) is 0 Å². The summed E-state index contributed by atoms with van der Waals surface area (Å²) in [6, 6.07) is 9.76. The van der Waals surface area contributed by atoms with Crippen molar-refractivity contribution in [3.8, 4) is 5.75 Å². The maximum atomic E-state index is 5.58. The van der Waals surface area contributed by atoms with Crippen LogP contribution in [0.3, 0.4) is 0 Å². The third-order valence-electron chi connectivity index (χ3n) is 1.59. The molecular weight excluding hydrogens is 184 g/mol. The zero-order valence-electron chi connectivity index (χ0n) is 10.0. The molecule has 0 unspecified atom stereocenters. The first-order valence-electron chi connectivity index (χ1n) is 5.38. The SMILES string of the molecule is C/C=C\C(=C/C)Oc1ccccc1.CC. The van der Waals surface area contributed by atoms with Crippen molar-refractivity contribution in [1.29, 1.82) is 0 Å². The van der Waals surface area contributed by atoms with Crippen molar-refractivity contribution in [2.24, 2.45) is 0 Å². The maximum absolute atomic E-state index is 5.58. The summed E-state index contributed by atoms with van der Waals surface area (Å²) in [6.45, 7) is 7.93. The average Bonchev–Trinajstić information content (AvgIpc) is 2.32. The summed E-state index contributed by atoms with van der Waals surface area (Å²) in [5, 5.41) is 0. The van der Waals surface area contributed by atoms with Crippen LogP contribution in [0.15, 0.2) is 54.3 Å². The molecule has 82 valence electrons. The first kappa shape index (κ1) is 13.5. The largest absolute Gasteiger partial charge is 0.458 e. The van der Waals surface area contributed by atoms with Gasteiger partial charge in [0, 0.05) is 0 Å². The lowest BCUT2D eigenvalue weighted by Gasteiger charge is -2.04. The van der Waals surface area contributed by atoms with Gasteiger partial charge < -0.3 is 4.74 Å². The Morgan fingerprint density at radius 1 is 1.07 bits per heavy atom. The van der Waals surface area contributed by atoms with Crippen molar-refractivity contribution in [2.75, 3.05) is 0 Å². The highest BCUT2D eigenvalue weighted by Gasteiger charge is 1.92. The molecule has 0 saturated heterocycles. The third kappa shape index (κ3) is 5.74. The molecule has 0 atom stereocenters. The van der Waals surface area contributed by atoms with Gasteiger partial charge in [0.05, 0.1) is 0 Å². The molecule has 0 saturated carbocycles. The molecule has 0 fully saturated rings. The predicted molar refractivity (Wildman–Crippen MR) is 67.0 cm³/mol. The summed E-state index contributed by atoms with van der Waals surface area (Å²) >= 11 is 0. The smallest absolute Gasteiger partial charge is 0.127 e. The second kappa shape index (κ2) is 9.07. The molecule has 15 heavy (non-hydrogen) atoms. The summed E-state index contributed by atoms with van der Waals surface area (Å²) in [4.78, 5) is 0. The fourth-order valence-electron chi connectivity index (χ4n) is 0.978. The van der Waals surface area contributed by atoms with E-state index >= 15 is 0 Å². The maximum Gasteiger partial charge on any atom is 0.127 e. The Balaban J connectivity index is 0.000000921. The van der Waals surface area contributed by atoms with Gasteiger partial charge in [0.2, 0.25) is 0 Å².